The minimum atomic E-state index is -0.850. The van der Waals surface area contributed by atoms with Gasteiger partial charge in [0.25, 0.3) is 0 Å². The first kappa shape index (κ1) is 21.1. The highest BCUT2D eigenvalue weighted by atomic mass is 16.5. The van der Waals surface area contributed by atoms with Crippen LogP contribution in [0.4, 0.5) is 0 Å². The summed E-state index contributed by atoms with van der Waals surface area (Å²) in [5.41, 5.74) is -0.920. The van der Waals surface area contributed by atoms with Gasteiger partial charge in [-0.25, -0.2) is 0 Å². The summed E-state index contributed by atoms with van der Waals surface area (Å²) in [6, 6.07) is 0. The van der Waals surface area contributed by atoms with Crippen molar-refractivity contribution in [2.24, 2.45) is 22.7 Å². The summed E-state index contributed by atoms with van der Waals surface area (Å²) < 4.78 is 12.3. The van der Waals surface area contributed by atoms with Crippen molar-refractivity contribution in [1.82, 2.24) is 0 Å². The normalized spacial score (nSPS) is 47.5. The molecule has 3 rings (SSSR count). The van der Waals surface area contributed by atoms with Crippen LogP contribution in [0.1, 0.15) is 80.1 Å². The molecular formula is C22H38O5. The predicted molar refractivity (Wildman–Crippen MR) is 103 cm³/mol. The first-order valence-electron chi connectivity index (χ1n) is 10.6. The Morgan fingerprint density at radius 3 is 2.30 bits per heavy atom. The van der Waals surface area contributed by atoms with Gasteiger partial charge in [-0.1, -0.05) is 20.8 Å². The van der Waals surface area contributed by atoms with E-state index in [0.717, 1.165) is 38.5 Å². The van der Waals surface area contributed by atoms with Crippen molar-refractivity contribution in [1.29, 1.82) is 0 Å². The Kier molecular flexibility index (Phi) is 5.23. The maximum atomic E-state index is 11.6. The van der Waals surface area contributed by atoms with Crippen LogP contribution in [0.15, 0.2) is 0 Å². The molecule has 0 spiro atoms. The Hall–Kier alpha value is -0.650. The first-order chi connectivity index (χ1) is 12.4. The van der Waals surface area contributed by atoms with Crippen molar-refractivity contribution < 1.29 is 24.5 Å². The van der Waals surface area contributed by atoms with Gasteiger partial charge < -0.3 is 19.7 Å². The number of carbonyl (C=O) groups is 1. The molecule has 0 aromatic carbocycles. The lowest BCUT2D eigenvalue weighted by molar-refractivity contribution is -0.293. The van der Waals surface area contributed by atoms with Crippen molar-refractivity contribution >= 4 is 5.97 Å². The van der Waals surface area contributed by atoms with Crippen molar-refractivity contribution in [3.8, 4) is 0 Å². The Bertz CT molecular complexity index is 589. The average Bonchev–Trinajstić information content (AvgIpc) is 2.55. The summed E-state index contributed by atoms with van der Waals surface area (Å²) in [7, 11) is 0. The summed E-state index contributed by atoms with van der Waals surface area (Å²) in [5.74, 6) is 0.684. The fourth-order valence-corrected chi connectivity index (χ4v) is 7.09. The molecule has 1 saturated heterocycles. The van der Waals surface area contributed by atoms with Gasteiger partial charge in [0.2, 0.25) is 0 Å². The van der Waals surface area contributed by atoms with Crippen molar-refractivity contribution in [3.05, 3.63) is 0 Å². The number of esters is 1. The zero-order valence-electron chi connectivity index (χ0n) is 17.9. The number of rotatable bonds is 3. The molecule has 0 radical (unpaired) electrons. The number of ether oxygens (including phenoxy) is 2. The minimum Gasteiger partial charge on any atom is -0.462 e. The molecule has 0 bridgehead atoms. The van der Waals surface area contributed by atoms with E-state index < -0.39 is 11.7 Å². The van der Waals surface area contributed by atoms with Gasteiger partial charge in [-0.2, -0.15) is 0 Å². The largest absolute Gasteiger partial charge is 0.462 e. The van der Waals surface area contributed by atoms with E-state index in [-0.39, 0.29) is 35.1 Å². The van der Waals surface area contributed by atoms with Crippen LogP contribution in [0.2, 0.25) is 0 Å². The lowest BCUT2D eigenvalue weighted by atomic mass is 9.43. The van der Waals surface area contributed by atoms with E-state index in [2.05, 4.69) is 27.7 Å². The smallest absolute Gasteiger partial charge is 0.302 e. The lowest BCUT2D eigenvalue weighted by Crippen LogP contribution is -2.66. The molecule has 156 valence electrons. The Morgan fingerprint density at radius 1 is 1.07 bits per heavy atom. The third-order valence-corrected chi connectivity index (χ3v) is 8.51. The highest BCUT2D eigenvalue weighted by Gasteiger charge is 2.64. The maximum absolute atomic E-state index is 11.6. The molecule has 1 aliphatic heterocycles. The number of aliphatic hydroxyl groups is 2. The lowest BCUT2D eigenvalue weighted by Gasteiger charge is -2.66. The molecule has 5 nitrogen and oxygen atoms in total. The highest BCUT2D eigenvalue weighted by Crippen LogP contribution is 2.66. The third kappa shape index (κ3) is 3.24. The van der Waals surface area contributed by atoms with E-state index in [1.807, 2.05) is 6.92 Å². The monoisotopic (exact) mass is 382 g/mol. The summed E-state index contributed by atoms with van der Waals surface area (Å²) >= 11 is 0. The number of carbonyl (C=O) groups excluding carboxylic acids is 1. The van der Waals surface area contributed by atoms with Gasteiger partial charge in [-0.3, -0.25) is 4.79 Å². The zero-order chi connectivity index (χ0) is 20.3. The molecule has 0 amide bonds. The van der Waals surface area contributed by atoms with Gasteiger partial charge in [0, 0.05) is 12.3 Å². The van der Waals surface area contributed by atoms with E-state index in [0.29, 0.717) is 11.8 Å². The number of hydrogen-bond acceptors (Lipinski definition) is 5. The van der Waals surface area contributed by atoms with Gasteiger partial charge >= 0.3 is 5.97 Å². The van der Waals surface area contributed by atoms with Gasteiger partial charge in [0.05, 0.1) is 17.8 Å². The molecule has 7 atom stereocenters. The molecule has 2 saturated carbocycles. The third-order valence-electron chi connectivity index (χ3n) is 8.51. The number of aliphatic hydroxyl groups excluding tert-OH is 2. The van der Waals surface area contributed by atoms with E-state index in [1.54, 1.807) is 0 Å². The second-order valence-electron chi connectivity index (χ2n) is 10.6. The molecular weight excluding hydrogens is 344 g/mol. The molecule has 3 fully saturated rings. The molecule has 1 heterocycles. The Labute approximate surface area is 163 Å². The van der Waals surface area contributed by atoms with Gasteiger partial charge in [-0.15, -0.1) is 0 Å². The fraction of sp³-hybridized carbons (Fsp3) is 0.955. The highest BCUT2D eigenvalue weighted by molar-refractivity contribution is 5.66. The van der Waals surface area contributed by atoms with E-state index in [9.17, 15) is 15.0 Å². The second-order valence-corrected chi connectivity index (χ2v) is 10.6. The number of fused-ring (bicyclic) bond motifs is 3. The van der Waals surface area contributed by atoms with Gasteiger partial charge in [0.15, 0.2) is 0 Å². The van der Waals surface area contributed by atoms with E-state index in [1.165, 1.54) is 6.92 Å². The zero-order valence-corrected chi connectivity index (χ0v) is 17.9. The van der Waals surface area contributed by atoms with Crippen LogP contribution in [0.25, 0.3) is 0 Å². The summed E-state index contributed by atoms with van der Waals surface area (Å²) in [6.45, 7) is 12.3. The van der Waals surface area contributed by atoms with Gasteiger partial charge in [-0.05, 0) is 69.6 Å². The molecule has 3 aliphatic rings. The standard InChI is InChI=1S/C22H38O5/c1-14(24)26-18-9-10-20(4)15(19(18,2)3)7-11-21(5)16(20)8-12-22(6,27-21)17(25)13-23/h15-18,23,25H,7-13H2,1-6H3/t15-,16+,17+,18-,20-,21+,22-/m1/s1. The van der Waals surface area contributed by atoms with E-state index >= 15 is 0 Å². The van der Waals surface area contributed by atoms with Crippen LogP contribution in [-0.2, 0) is 14.3 Å². The molecule has 5 heteroatoms. The molecule has 2 aliphatic carbocycles. The van der Waals surface area contributed by atoms with Crippen LogP contribution in [-0.4, -0.2) is 46.2 Å². The minimum absolute atomic E-state index is 0.0246. The summed E-state index contributed by atoms with van der Waals surface area (Å²) in [5, 5.41) is 19.8. The summed E-state index contributed by atoms with van der Waals surface area (Å²) in [4.78, 5) is 11.6. The number of hydrogen-bond donors (Lipinski definition) is 2. The SMILES string of the molecule is CC(=O)O[C@@H]1CC[C@]2(C)[C@H](CC[C@]3(C)O[C@@](C)([C@@H](O)CO)CC[C@@H]23)C1(C)C. The molecule has 2 N–H and O–H groups in total. The quantitative estimate of drug-likeness (QED) is 0.731. The molecule has 27 heavy (non-hydrogen) atoms. The predicted octanol–water partition coefficient (Wildman–Crippen LogP) is 3.45. The summed E-state index contributed by atoms with van der Waals surface area (Å²) in [6.07, 6.45) is 4.75. The van der Waals surface area contributed by atoms with Crippen molar-refractivity contribution in [3.63, 3.8) is 0 Å². The van der Waals surface area contributed by atoms with Crippen LogP contribution >= 0.6 is 0 Å². The average molecular weight is 383 g/mol. The molecule has 0 aromatic rings. The molecule has 0 unspecified atom stereocenters. The second kappa shape index (κ2) is 6.70. The van der Waals surface area contributed by atoms with Gasteiger partial charge in [0.1, 0.15) is 12.2 Å². The first-order valence-corrected chi connectivity index (χ1v) is 10.6. The van der Waals surface area contributed by atoms with E-state index in [4.69, 9.17) is 9.47 Å². The van der Waals surface area contributed by atoms with Crippen LogP contribution in [0.3, 0.4) is 0 Å². The van der Waals surface area contributed by atoms with Crippen molar-refractivity contribution in [2.45, 2.75) is 103 Å². The Morgan fingerprint density at radius 2 is 1.70 bits per heavy atom. The van der Waals surface area contributed by atoms with Crippen LogP contribution in [0.5, 0.6) is 0 Å². The van der Waals surface area contributed by atoms with Crippen LogP contribution in [0, 0.1) is 22.7 Å². The maximum Gasteiger partial charge on any atom is 0.302 e. The molecule has 0 aromatic heterocycles. The fourth-order valence-electron chi connectivity index (χ4n) is 7.09. The Balaban J connectivity index is 1.88. The van der Waals surface area contributed by atoms with Crippen molar-refractivity contribution in [2.75, 3.05) is 6.61 Å². The topological polar surface area (TPSA) is 76.0 Å². The van der Waals surface area contributed by atoms with Crippen LogP contribution < -0.4 is 0 Å².